The summed E-state index contributed by atoms with van der Waals surface area (Å²) in [5, 5.41) is 12.2. The SMILES string of the molecule is CC(=O)N1C(c2csc(C)n2)=NC(c2cccc(F)c2)C(C(=O)O)=C1C. The first kappa shape index (κ1) is 17.9. The Hall–Kier alpha value is -2.87. The van der Waals surface area contributed by atoms with Crippen molar-refractivity contribution in [3.05, 3.63) is 63.0 Å². The van der Waals surface area contributed by atoms with Gasteiger partial charge in [0.2, 0.25) is 5.91 Å². The molecule has 8 heteroatoms. The van der Waals surface area contributed by atoms with Crippen LogP contribution in [0.2, 0.25) is 0 Å². The maximum atomic E-state index is 13.7. The van der Waals surface area contributed by atoms with Crippen molar-refractivity contribution in [2.75, 3.05) is 0 Å². The van der Waals surface area contributed by atoms with Crippen molar-refractivity contribution < 1.29 is 19.1 Å². The number of allylic oxidation sites excluding steroid dienone is 1. The van der Waals surface area contributed by atoms with Crippen LogP contribution in [0.4, 0.5) is 4.39 Å². The number of amidine groups is 1. The summed E-state index contributed by atoms with van der Waals surface area (Å²) in [6.45, 7) is 4.70. The van der Waals surface area contributed by atoms with E-state index in [1.165, 1.54) is 41.4 Å². The van der Waals surface area contributed by atoms with Gasteiger partial charge in [-0.25, -0.2) is 14.2 Å². The largest absolute Gasteiger partial charge is 0.478 e. The van der Waals surface area contributed by atoms with Crippen LogP contribution < -0.4 is 0 Å². The number of amides is 1. The maximum Gasteiger partial charge on any atom is 0.335 e. The number of carbonyl (C=O) groups is 2. The molecule has 1 aromatic carbocycles. The third-order valence-electron chi connectivity index (χ3n) is 4.02. The zero-order valence-electron chi connectivity index (χ0n) is 14.4. The number of carboxylic acids is 1. The fourth-order valence-electron chi connectivity index (χ4n) is 2.94. The molecular weight excluding hydrogens is 357 g/mol. The van der Waals surface area contributed by atoms with Crippen LogP contribution in [0.5, 0.6) is 0 Å². The Labute approximate surface area is 153 Å². The number of aryl methyl sites for hydroxylation is 1. The summed E-state index contributed by atoms with van der Waals surface area (Å²) in [4.78, 5) is 34.2. The first-order valence-corrected chi connectivity index (χ1v) is 8.68. The van der Waals surface area contributed by atoms with Crippen LogP contribution in [-0.4, -0.2) is 32.7 Å². The van der Waals surface area contributed by atoms with E-state index in [9.17, 15) is 19.1 Å². The molecule has 0 radical (unpaired) electrons. The minimum absolute atomic E-state index is 0.0681. The van der Waals surface area contributed by atoms with E-state index in [0.29, 0.717) is 11.3 Å². The summed E-state index contributed by atoms with van der Waals surface area (Å²) in [6, 6.07) is 4.70. The summed E-state index contributed by atoms with van der Waals surface area (Å²) in [7, 11) is 0. The van der Waals surface area contributed by atoms with E-state index in [4.69, 9.17) is 0 Å². The van der Waals surface area contributed by atoms with E-state index in [0.717, 1.165) is 5.01 Å². The molecule has 0 saturated carbocycles. The van der Waals surface area contributed by atoms with Gasteiger partial charge in [-0.3, -0.25) is 14.7 Å². The molecule has 1 aliphatic rings. The molecule has 26 heavy (non-hydrogen) atoms. The van der Waals surface area contributed by atoms with Crippen LogP contribution in [0.15, 0.2) is 45.9 Å². The number of nitrogens with zero attached hydrogens (tertiary/aromatic N) is 3. The number of aliphatic imine (C=N–C) groups is 1. The van der Waals surface area contributed by atoms with Crippen LogP contribution in [0.1, 0.15) is 36.2 Å². The number of hydrogen-bond acceptors (Lipinski definition) is 5. The second kappa shape index (κ2) is 6.80. The van der Waals surface area contributed by atoms with Gasteiger partial charge in [0.1, 0.15) is 17.6 Å². The first-order valence-electron chi connectivity index (χ1n) is 7.80. The maximum absolute atomic E-state index is 13.7. The Morgan fingerprint density at radius 1 is 1.31 bits per heavy atom. The highest BCUT2D eigenvalue weighted by molar-refractivity contribution is 7.09. The fraction of sp³-hybridized carbons (Fsp3) is 0.222. The average Bonchev–Trinajstić information content (AvgIpc) is 2.99. The highest BCUT2D eigenvalue weighted by atomic mass is 32.1. The molecule has 3 rings (SSSR count). The molecule has 6 nitrogen and oxygen atoms in total. The molecule has 134 valence electrons. The Kier molecular flexibility index (Phi) is 4.69. The molecule has 1 aliphatic heterocycles. The summed E-state index contributed by atoms with van der Waals surface area (Å²) in [5.74, 6) is -1.80. The highest BCUT2D eigenvalue weighted by Gasteiger charge is 2.36. The standard InChI is InChI=1S/C18H16FN3O3S/c1-9-15(18(24)25)16(12-5-4-6-13(19)7-12)21-17(22(9)11(3)23)14-8-26-10(2)20-14/h4-8,16H,1-3H3,(H,24,25). The predicted octanol–water partition coefficient (Wildman–Crippen LogP) is 3.30. The summed E-state index contributed by atoms with van der Waals surface area (Å²) in [5.41, 5.74) is 1.05. The van der Waals surface area contributed by atoms with Crippen LogP contribution in [0.25, 0.3) is 0 Å². The fourth-order valence-corrected chi connectivity index (χ4v) is 3.53. The number of carboxylic acid groups (broad SMARTS) is 1. The summed E-state index contributed by atoms with van der Waals surface area (Å²) < 4.78 is 13.7. The minimum Gasteiger partial charge on any atom is -0.478 e. The molecule has 1 aromatic heterocycles. The Morgan fingerprint density at radius 2 is 2.04 bits per heavy atom. The molecule has 0 spiro atoms. The first-order chi connectivity index (χ1) is 12.3. The van der Waals surface area contributed by atoms with Gasteiger partial charge in [-0.2, -0.15) is 0 Å². The van der Waals surface area contributed by atoms with E-state index in [1.54, 1.807) is 18.4 Å². The van der Waals surface area contributed by atoms with Gasteiger partial charge in [0.25, 0.3) is 0 Å². The second-order valence-electron chi connectivity index (χ2n) is 5.82. The van der Waals surface area contributed by atoms with Crippen molar-refractivity contribution in [2.45, 2.75) is 26.8 Å². The molecule has 1 atom stereocenters. The van der Waals surface area contributed by atoms with Gasteiger partial charge >= 0.3 is 5.97 Å². The van der Waals surface area contributed by atoms with Crippen molar-refractivity contribution in [1.82, 2.24) is 9.88 Å². The van der Waals surface area contributed by atoms with Gasteiger partial charge < -0.3 is 5.11 Å². The molecule has 0 bridgehead atoms. The highest BCUT2D eigenvalue weighted by Crippen LogP contribution is 2.35. The Bertz CT molecular complexity index is 964. The van der Waals surface area contributed by atoms with Crippen molar-refractivity contribution in [3.63, 3.8) is 0 Å². The third-order valence-corrected chi connectivity index (χ3v) is 4.79. The predicted molar refractivity (Wildman–Crippen MR) is 95.4 cm³/mol. The van der Waals surface area contributed by atoms with E-state index in [1.807, 2.05) is 6.92 Å². The second-order valence-corrected chi connectivity index (χ2v) is 6.88. The lowest BCUT2D eigenvalue weighted by molar-refractivity contribution is -0.133. The molecule has 1 N–H and O–H groups in total. The zero-order valence-corrected chi connectivity index (χ0v) is 15.2. The number of aliphatic carboxylic acids is 1. The molecular formula is C18H16FN3O3S. The van der Waals surface area contributed by atoms with E-state index >= 15 is 0 Å². The van der Waals surface area contributed by atoms with Crippen molar-refractivity contribution >= 4 is 29.0 Å². The molecule has 1 unspecified atom stereocenters. The minimum atomic E-state index is -1.21. The topological polar surface area (TPSA) is 82.9 Å². The quantitative estimate of drug-likeness (QED) is 0.895. The Morgan fingerprint density at radius 3 is 2.58 bits per heavy atom. The number of carbonyl (C=O) groups excluding carboxylic acids is 1. The van der Waals surface area contributed by atoms with Gasteiger partial charge in [0.15, 0.2) is 5.84 Å². The monoisotopic (exact) mass is 373 g/mol. The number of rotatable bonds is 3. The van der Waals surface area contributed by atoms with Gasteiger partial charge in [-0.05, 0) is 31.5 Å². The molecule has 0 fully saturated rings. The lowest BCUT2D eigenvalue weighted by atomic mass is 9.95. The van der Waals surface area contributed by atoms with Crippen LogP contribution >= 0.6 is 11.3 Å². The van der Waals surface area contributed by atoms with Gasteiger partial charge in [0, 0.05) is 18.0 Å². The Balaban J connectivity index is 2.24. The lowest BCUT2D eigenvalue weighted by Gasteiger charge is -2.31. The smallest absolute Gasteiger partial charge is 0.335 e. The normalized spacial score (nSPS) is 17.3. The van der Waals surface area contributed by atoms with Crippen LogP contribution in [0.3, 0.4) is 0 Å². The zero-order chi connectivity index (χ0) is 19.0. The van der Waals surface area contributed by atoms with Crippen molar-refractivity contribution in [3.8, 4) is 0 Å². The average molecular weight is 373 g/mol. The number of benzene rings is 1. The molecule has 0 aliphatic carbocycles. The third kappa shape index (κ3) is 3.15. The van der Waals surface area contributed by atoms with Crippen molar-refractivity contribution in [2.24, 2.45) is 4.99 Å². The summed E-state index contributed by atoms with van der Waals surface area (Å²) >= 11 is 1.40. The van der Waals surface area contributed by atoms with E-state index < -0.39 is 17.8 Å². The summed E-state index contributed by atoms with van der Waals surface area (Å²) in [6.07, 6.45) is 0. The van der Waals surface area contributed by atoms with Gasteiger partial charge in [0.05, 0.1) is 10.6 Å². The molecule has 2 aromatic rings. The molecule has 2 heterocycles. The number of aromatic nitrogens is 1. The van der Waals surface area contributed by atoms with Crippen LogP contribution in [-0.2, 0) is 9.59 Å². The number of halogens is 1. The number of hydrogen-bond donors (Lipinski definition) is 1. The molecule has 1 amide bonds. The van der Waals surface area contributed by atoms with E-state index in [2.05, 4.69) is 9.98 Å². The lowest BCUT2D eigenvalue weighted by Crippen LogP contribution is -2.40. The van der Waals surface area contributed by atoms with Crippen LogP contribution in [0, 0.1) is 12.7 Å². The van der Waals surface area contributed by atoms with Crippen molar-refractivity contribution in [1.29, 1.82) is 0 Å². The number of thiazole rings is 1. The van der Waals surface area contributed by atoms with Gasteiger partial charge in [-0.1, -0.05) is 12.1 Å². The molecule has 0 saturated heterocycles. The van der Waals surface area contributed by atoms with E-state index in [-0.39, 0.29) is 23.0 Å². The van der Waals surface area contributed by atoms with Gasteiger partial charge in [-0.15, -0.1) is 11.3 Å².